The number of ether oxygens (including phenoxy) is 1. The summed E-state index contributed by atoms with van der Waals surface area (Å²) in [7, 11) is 1.95. The molecule has 2 nitrogen and oxygen atoms in total. The summed E-state index contributed by atoms with van der Waals surface area (Å²) < 4.78 is 5.67. The van der Waals surface area contributed by atoms with Crippen LogP contribution in [0.2, 0.25) is 0 Å². The smallest absolute Gasteiger partial charge is 0.119 e. The van der Waals surface area contributed by atoms with Gasteiger partial charge < -0.3 is 10.1 Å². The molecule has 0 bridgehead atoms. The lowest BCUT2D eigenvalue weighted by molar-refractivity contribution is 0.256. The molecule has 84 valence electrons. The molecule has 0 saturated carbocycles. The van der Waals surface area contributed by atoms with Crippen LogP contribution in [0.3, 0.4) is 0 Å². The molecule has 0 fully saturated rings. The minimum atomic E-state index is 0.627. The third-order valence-electron chi connectivity index (χ3n) is 2.54. The van der Waals surface area contributed by atoms with Crippen LogP contribution in [0.25, 0.3) is 0 Å². The monoisotopic (exact) mass is 207 g/mol. The molecule has 1 N–H and O–H groups in total. The fourth-order valence-corrected chi connectivity index (χ4v) is 1.26. The van der Waals surface area contributed by atoms with E-state index < -0.39 is 0 Å². The first-order valence-corrected chi connectivity index (χ1v) is 5.62. The number of nitrogens with one attached hydrogen (secondary N) is 1. The van der Waals surface area contributed by atoms with E-state index in [-0.39, 0.29) is 0 Å². The van der Waals surface area contributed by atoms with Crippen molar-refractivity contribution in [3.8, 4) is 5.75 Å². The van der Waals surface area contributed by atoms with Gasteiger partial charge in [-0.2, -0.15) is 0 Å². The molecule has 1 aromatic carbocycles. The van der Waals surface area contributed by atoms with Crippen molar-refractivity contribution in [1.82, 2.24) is 5.32 Å². The lowest BCUT2D eigenvalue weighted by Gasteiger charge is -2.11. The lowest BCUT2D eigenvalue weighted by Crippen LogP contribution is -2.07. The Morgan fingerprint density at radius 1 is 1.27 bits per heavy atom. The zero-order valence-electron chi connectivity index (χ0n) is 9.92. The Morgan fingerprint density at radius 3 is 2.47 bits per heavy atom. The molecule has 0 spiro atoms. The van der Waals surface area contributed by atoms with Gasteiger partial charge in [0.2, 0.25) is 0 Å². The average Bonchev–Trinajstić information content (AvgIpc) is 2.28. The quantitative estimate of drug-likeness (QED) is 0.774. The highest BCUT2D eigenvalue weighted by atomic mass is 16.5. The zero-order valence-corrected chi connectivity index (χ0v) is 9.92. The molecule has 0 aliphatic heterocycles. The predicted molar refractivity (Wildman–Crippen MR) is 64.2 cm³/mol. The first kappa shape index (κ1) is 12.1. The van der Waals surface area contributed by atoms with Gasteiger partial charge in [-0.1, -0.05) is 32.4 Å². The van der Waals surface area contributed by atoms with Crippen molar-refractivity contribution in [1.29, 1.82) is 0 Å². The van der Waals surface area contributed by atoms with Gasteiger partial charge in [0.15, 0.2) is 0 Å². The van der Waals surface area contributed by atoms with Crippen molar-refractivity contribution in [2.24, 2.45) is 5.92 Å². The Balaban J connectivity index is 2.42. The van der Waals surface area contributed by atoms with Gasteiger partial charge in [-0.3, -0.25) is 0 Å². The summed E-state index contributed by atoms with van der Waals surface area (Å²) >= 11 is 0. The molecule has 0 saturated heterocycles. The second-order valence-electron chi connectivity index (χ2n) is 4.00. The van der Waals surface area contributed by atoms with Gasteiger partial charge in [0.05, 0.1) is 6.61 Å². The summed E-state index contributed by atoms with van der Waals surface area (Å²) in [4.78, 5) is 0. The average molecular weight is 207 g/mol. The van der Waals surface area contributed by atoms with Crippen molar-refractivity contribution >= 4 is 0 Å². The first-order valence-electron chi connectivity index (χ1n) is 5.62. The van der Waals surface area contributed by atoms with Crippen LogP contribution < -0.4 is 10.1 Å². The summed E-state index contributed by atoms with van der Waals surface area (Å²) in [6.07, 6.45) is 1.16. The molecule has 2 heteroatoms. The molecule has 0 radical (unpaired) electrons. The molecule has 0 heterocycles. The van der Waals surface area contributed by atoms with Crippen molar-refractivity contribution < 1.29 is 4.74 Å². The van der Waals surface area contributed by atoms with Crippen molar-refractivity contribution in [3.05, 3.63) is 29.8 Å². The second kappa shape index (κ2) is 6.46. The highest BCUT2D eigenvalue weighted by molar-refractivity contribution is 5.27. The van der Waals surface area contributed by atoms with E-state index in [1.807, 2.05) is 19.2 Å². The fraction of sp³-hybridized carbons (Fsp3) is 0.538. The van der Waals surface area contributed by atoms with E-state index in [4.69, 9.17) is 4.74 Å². The largest absolute Gasteiger partial charge is 0.493 e. The van der Waals surface area contributed by atoms with Gasteiger partial charge in [0.1, 0.15) is 5.75 Å². The van der Waals surface area contributed by atoms with Crippen LogP contribution in [0.4, 0.5) is 0 Å². The fourth-order valence-electron chi connectivity index (χ4n) is 1.26. The summed E-state index contributed by atoms with van der Waals surface area (Å²) in [6.45, 7) is 6.10. The molecule has 1 unspecified atom stereocenters. The zero-order chi connectivity index (χ0) is 11.1. The van der Waals surface area contributed by atoms with Crippen LogP contribution in [0.1, 0.15) is 25.8 Å². The van der Waals surface area contributed by atoms with Crippen LogP contribution in [0.15, 0.2) is 24.3 Å². The lowest BCUT2D eigenvalue weighted by atomic mass is 10.1. The molecular weight excluding hydrogens is 186 g/mol. The minimum absolute atomic E-state index is 0.627. The van der Waals surface area contributed by atoms with Gasteiger partial charge in [0, 0.05) is 6.54 Å². The van der Waals surface area contributed by atoms with Gasteiger partial charge in [-0.25, -0.2) is 0 Å². The number of hydrogen-bond acceptors (Lipinski definition) is 2. The molecule has 1 atom stereocenters. The Kier molecular flexibility index (Phi) is 5.19. The standard InChI is InChI=1S/C13H21NO/c1-4-11(2)10-15-13-7-5-12(6-8-13)9-14-3/h5-8,11,14H,4,9-10H2,1-3H3. The summed E-state index contributed by atoms with van der Waals surface area (Å²) in [5.41, 5.74) is 1.29. The molecule has 0 amide bonds. The summed E-state index contributed by atoms with van der Waals surface area (Å²) in [5, 5.41) is 3.12. The normalized spacial score (nSPS) is 12.5. The van der Waals surface area contributed by atoms with E-state index in [0.29, 0.717) is 5.92 Å². The van der Waals surface area contributed by atoms with Crippen molar-refractivity contribution in [2.45, 2.75) is 26.8 Å². The van der Waals surface area contributed by atoms with E-state index in [1.165, 1.54) is 5.56 Å². The summed E-state index contributed by atoms with van der Waals surface area (Å²) in [5.74, 6) is 1.59. The second-order valence-corrected chi connectivity index (χ2v) is 4.00. The van der Waals surface area contributed by atoms with Crippen LogP contribution in [0, 0.1) is 5.92 Å². The topological polar surface area (TPSA) is 21.3 Å². The Bertz CT molecular complexity index is 268. The van der Waals surface area contributed by atoms with Crippen LogP contribution in [-0.2, 0) is 6.54 Å². The molecule has 0 aromatic heterocycles. The summed E-state index contributed by atoms with van der Waals surface area (Å²) in [6, 6.07) is 8.27. The number of hydrogen-bond donors (Lipinski definition) is 1. The maximum Gasteiger partial charge on any atom is 0.119 e. The Hall–Kier alpha value is -1.02. The van der Waals surface area contributed by atoms with Crippen LogP contribution in [-0.4, -0.2) is 13.7 Å². The van der Waals surface area contributed by atoms with Gasteiger partial charge in [-0.05, 0) is 30.7 Å². The maximum absolute atomic E-state index is 5.67. The van der Waals surface area contributed by atoms with Crippen LogP contribution >= 0.6 is 0 Å². The number of rotatable bonds is 6. The van der Waals surface area contributed by atoms with Crippen molar-refractivity contribution in [2.75, 3.05) is 13.7 Å². The minimum Gasteiger partial charge on any atom is -0.493 e. The third-order valence-corrected chi connectivity index (χ3v) is 2.54. The SMILES string of the molecule is CCC(C)COc1ccc(CNC)cc1. The number of benzene rings is 1. The third kappa shape index (κ3) is 4.34. The van der Waals surface area contributed by atoms with Gasteiger partial charge >= 0.3 is 0 Å². The van der Waals surface area contributed by atoms with E-state index >= 15 is 0 Å². The first-order chi connectivity index (χ1) is 7.26. The van der Waals surface area contributed by atoms with Gasteiger partial charge in [0.25, 0.3) is 0 Å². The molecule has 1 aromatic rings. The highest BCUT2D eigenvalue weighted by Gasteiger charge is 2.00. The van der Waals surface area contributed by atoms with E-state index in [2.05, 4.69) is 31.3 Å². The molecule has 0 aliphatic rings. The molecule has 1 rings (SSSR count). The van der Waals surface area contributed by atoms with E-state index in [0.717, 1.165) is 25.3 Å². The highest BCUT2D eigenvalue weighted by Crippen LogP contribution is 2.13. The predicted octanol–water partition coefficient (Wildman–Crippen LogP) is 2.83. The Morgan fingerprint density at radius 2 is 1.93 bits per heavy atom. The molecule has 15 heavy (non-hydrogen) atoms. The van der Waals surface area contributed by atoms with Crippen molar-refractivity contribution in [3.63, 3.8) is 0 Å². The van der Waals surface area contributed by atoms with E-state index in [9.17, 15) is 0 Å². The molecular formula is C13H21NO. The Labute approximate surface area is 92.6 Å². The van der Waals surface area contributed by atoms with E-state index in [1.54, 1.807) is 0 Å². The van der Waals surface area contributed by atoms with Crippen LogP contribution in [0.5, 0.6) is 5.75 Å². The maximum atomic E-state index is 5.67. The molecule has 0 aliphatic carbocycles. The van der Waals surface area contributed by atoms with Gasteiger partial charge in [-0.15, -0.1) is 0 Å².